The molecular formula is C30H20BNO2. The first-order chi connectivity index (χ1) is 16.8. The molecular weight excluding hydrogens is 417 g/mol. The van der Waals surface area contributed by atoms with Crippen LogP contribution in [0.15, 0.2) is 103 Å². The summed E-state index contributed by atoms with van der Waals surface area (Å²) in [5, 5.41) is 0. The summed E-state index contributed by atoms with van der Waals surface area (Å²) >= 11 is 0. The third-order valence-corrected chi connectivity index (χ3v) is 6.72. The molecule has 0 saturated heterocycles. The first kappa shape index (κ1) is 19.2. The van der Waals surface area contributed by atoms with Crippen molar-refractivity contribution in [2.45, 2.75) is 6.92 Å². The average molecular weight is 437 g/mol. The van der Waals surface area contributed by atoms with E-state index in [0.29, 0.717) is 0 Å². The molecule has 5 aromatic rings. The van der Waals surface area contributed by atoms with Gasteiger partial charge < -0.3 is 9.47 Å². The van der Waals surface area contributed by atoms with Crippen LogP contribution in [0.4, 0.5) is 0 Å². The van der Waals surface area contributed by atoms with E-state index in [0.717, 1.165) is 56.5 Å². The fourth-order valence-corrected chi connectivity index (χ4v) is 5.14. The fraction of sp³-hybridized carbons (Fsp3) is 0.0333. The zero-order chi connectivity index (χ0) is 22.6. The second-order valence-corrected chi connectivity index (χ2v) is 8.81. The first-order valence-electron chi connectivity index (χ1n) is 11.5. The molecule has 0 amide bonds. The Balaban J connectivity index is 1.39. The fourth-order valence-electron chi connectivity index (χ4n) is 5.14. The van der Waals surface area contributed by atoms with Crippen molar-refractivity contribution in [2.75, 3.05) is 0 Å². The van der Waals surface area contributed by atoms with Crippen LogP contribution in [0.1, 0.15) is 5.69 Å². The van der Waals surface area contributed by atoms with Gasteiger partial charge in [-0.1, -0.05) is 66.7 Å². The number of aryl methyl sites for hydroxylation is 1. The first-order valence-corrected chi connectivity index (χ1v) is 11.5. The molecule has 0 aliphatic carbocycles. The highest BCUT2D eigenvalue weighted by Gasteiger charge is 2.40. The van der Waals surface area contributed by atoms with Gasteiger partial charge in [0.25, 0.3) is 6.71 Å². The molecule has 1 aromatic heterocycles. The Morgan fingerprint density at radius 3 is 2.00 bits per heavy atom. The highest BCUT2D eigenvalue weighted by atomic mass is 16.5. The molecule has 0 radical (unpaired) electrons. The number of aromatic nitrogens is 1. The van der Waals surface area contributed by atoms with E-state index < -0.39 is 0 Å². The molecule has 0 bridgehead atoms. The van der Waals surface area contributed by atoms with Gasteiger partial charge in [0.15, 0.2) is 0 Å². The van der Waals surface area contributed by atoms with Crippen molar-refractivity contribution in [3.8, 4) is 45.4 Å². The lowest BCUT2D eigenvalue weighted by atomic mass is 9.34. The molecule has 34 heavy (non-hydrogen) atoms. The number of fused-ring (bicyclic) bond motifs is 4. The van der Waals surface area contributed by atoms with Gasteiger partial charge in [0.05, 0.1) is 5.69 Å². The van der Waals surface area contributed by atoms with Gasteiger partial charge in [-0.15, -0.1) is 0 Å². The summed E-state index contributed by atoms with van der Waals surface area (Å²) in [6.07, 6.45) is 0. The third-order valence-electron chi connectivity index (χ3n) is 6.72. The van der Waals surface area contributed by atoms with Crippen molar-refractivity contribution in [2.24, 2.45) is 0 Å². The Labute approximate surface area is 198 Å². The zero-order valence-electron chi connectivity index (χ0n) is 18.7. The smallest absolute Gasteiger partial charge is 0.260 e. The second kappa shape index (κ2) is 7.36. The lowest BCUT2D eigenvalue weighted by molar-refractivity contribution is 0.465. The molecule has 0 unspecified atom stereocenters. The predicted molar refractivity (Wildman–Crippen MR) is 138 cm³/mol. The van der Waals surface area contributed by atoms with Crippen LogP contribution in [0.3, 0.4) is 0 Å². The van der Waals surface area contributed by atoms with E-state index in [-0.39, 0.29) is 6.71 Å². The lowest BCUT2D eigenvalue weighted by Gasteiger charge is -2.33. The molecule has 7 rings (SSSR count). The summed E-state index contributed by atoms with van der Waals surface area (Å²) < 4.78 is 12.9. The quantitative estimate of drug-likeness (QED) is 0.337. The van der Waals surface area contributed by atoms with Crippen LogP contribution in [0.5, 0.6) is 23.0 Å². The molecule has 2 aliphatic rings. The minimum absolute atomic E-state index is 0.0793. The minimum Gasteiger partial charge on any atom is -0.458 e. The maximum absolute atomic E-state index is 6.56. The Morgan fingerprint density at radius 1 is 0.588 bits per heavy atom. The molecule has 160 valence electrons. The van der Waals surface area contributed by atoms with Crippen molar-refractivity contribution < 1.29 is 9.47 Å². The molecule has 0 saturated carbocycles. The van der Waals surface area contributed by atoms with Gasteiger partial charge in [-0.25, -0.2) is 0 Å². The van der Waals surface area contributed by atoms with Crippen molar-refractivity contribution in [3.05, 3.63) is 109 Å². The van der Waals surface area contributed by atoms with E-state index in [1.54, 1.807) is 0 Å². The van der Waals surface area contributed by atoms with Crippen molar-refractivity contribution >= 4 is 23.1 Å². The maximum atomic E-state index is 6.56. The van der Waals surface area contributed by atoms with Crippen LogP contribution in [0.2, 0.25) is 0 Å². The molecule has 0 spiro atoms. The molecule has 4 heteroatoms. The summed E-state index contributed by atoms with van der Waals surface area (Å²) in [5.41, 5.74) is 8.69. The Bertz CT molecular complexity index is 1560. The zero-order valence-corrected chi connectivity index (χ0v) is 18.7. The third kappa shape index (κ3) is 2.89. The molecule has 0 N–H and O–H groups in total. The molecule has 4 aromatic carbocycles. The van der Waals surface area contributed by atoms with E-state index in [1.165, 1.54) is 10.9 Å². The standard InChI is InChI=1S/C30H20BNO2/c1-19-7-6-10-25(32-19)21-15-13-20(14-16-21)22-17-18-28-29-30(22)34-27-12-5-3-9-24(27)31(29)23-8-2-4-11-26(23)33-28/h2-18H,1H3. The van der Waals surface area contributed by atoms with Crippen LogP contribution in [0.25, 0.3) is 22.4 Å². The summed E-state index contributed by atoms with van der Waals surface area (Å²) in [6.45, 7) is 2.09. The maximum Gasteiger partial charge on any atom is 0.260 e. The highest BCUT2D eigenvalue weighted by molar-refractivity contribution is 6.98. The molecule has 0 atom stereocenters. The summed E-state index contributed by atoms with van der Waals surface area (Å²) in [7, 11) is 0. The van der Waals surface area contributed by atoms with Gasteiger partial charge in [0.2, 0.25) is 0 Å². The van der Waals surface area contributed by atoms with Gasteiger partial charge >= 0.3 is 0 Å². The van der Waals surface area contributed by atoms with Crippen LogP contribution in [0, 0.1) is 6.92 Å². The largest absolute Gasteiger partial charge is 0.458 e. The monoisotopic (exact) mass is 437 g/mol. The molecule has 2 aliphatic heterocycles. The Morgan fingerprint density at radius 2 is 1.26 bits per heavy atom. The van der Waals surface area contributed by atoms with Crippen molar-refractivity contribution in [1.82, 2.24) is 4.98 Å². The number of hydrogen-bond donors (Lipinski definition) is 0. The van der Waals surface area contributed by atoms with Gasteiger partial charge in [0.1, 0.15) is 23.0 Å². The van der Waals surface area contributed by atoms with E-state index >= 15 is 0 Å². The Kier molecular flexibility index (Phi) is 4.15. The highest BCUT2D eigenvalue weighted by Crippen LogP contribution is 2.40. The van der Waals surface area contributed by atoms with Crippen LogP contribution < -0.4 is 25.9 Å². The SMILES string of the molecule is Cc1cccc(-c2ccc(-c3ccc4c5c3Oc3ccccc3B5c3ccccc3O4)cc2)n1. The predicted octanol–water partition coefficient (Wildman–Crippen LogP) is 5.45. The summed E-state index contributed by atoms with van der Waals surface area (Å²) in [4.78, 5) is 4.66. The molecule has 0 fully saturated rings. The van der Waals surface area contributed by atoms with Crippen LogP contribution in [-0.4, -0.2) is 11.7 Å². The summed E-state index contributed by atoms with van der Waals surface area (Å²) in [6, 6.07) is 35.5. The van der Waals surface area contributed by atoms with Crippen molar-refractivity contribution in [3.63, 3.8) is 0 Å². The number of rotatable bonds is 2. The number of ether oxygens (including phenoxy) is 2. The van der Waals surface area contributed by atoms with E-state index in [2.05, 4.69) is 71.7 Å². The van der Waals surface area contributed by atoms with Gasteiger partial charge in [-0.3, -0.25) is 4.98 Å². The van der Waals surface area contributed by atoms with Gasteiger partial charge in [-0.2, -0.15) is 0 Å². The number of para-hydroxylation sites is 2. The minimum atomic E-state index is 0.0793. The average Bonchev–Trinajstić information content (AvgIpc) is 2.89. The van der Waals surface area contributed by atoms with Crippen LogP contribution in [-0.2, 0) is 0 Å². The number of pyridine rings is 1. The summed E-state index contributed by atoms with van der Waals surface area (Å²) in [5.74, 6) is 3.54. The topological polar surface area (TPSA) is 31.4 Å². The normalized spacial score (nSPS) is 12.7. The number of benzene rings is 4. The molecule has 3 heterocycles. The van der Waals surface area contributed by atoms with E-state index in [9.17, 15) is 0 Å². The number of hydrogen-bond acceptors (Lipinski definition) is 3. The number of nitrogens with zero attached hydrogens (tertiary/aromatic N) is 1. The van der Waals surface area contributed by atoms with E-state index in [4.69, 9.17) is 9.47 Å². The lowest BCUT2D eigenvalue weighted by Crippen LogP contribution is -2.57. The van der Waals surface area contributed by atoms with Crippen LogP contribution >= 0.6 is 0 Å². The van der Waals surface area contributed by atoms with Gasteiger partial charge in [0, 0.05) is 22.3 Å². The molecule has 3 nitrogen and oxygen atoms in total. The Hall–Kier alpha value is -4.31. The van der Waals surface area contributed by atoms with E-state index in [1.807, 2.05) is 43.3 Å². The van der Waals surface area contributed by atoms with Gasteiger partial charge in [-0.05, 0) is 59.8 Å². The second-order valence-electron chi connectivity index (χ2n) is 8.81. The van der Waals surface area contributed by atoms with Crippen molar-refractivity contribution in [1.29, 1.82) is 0 Å².